The monoisotopic (exact) mass is 210 g/mol. The second kappa shape index (κ2) is 3.73. The van der Waals surface area contributed by atoms with Gasteiger partial charge in [-0.1, -0.05) is 0 Å². The van der Waals surface area contributed by atoms with Crippen molar-refractivity contribution >= 4 is 6.29 Å². The molecule has 1 rings (SSSR count). The Morgan fingerprint density at radius 1 is 1.14 bits per heavy atom. The van der Waals surface area contributed by atoms with E-state index in [-0.39, 0.29) is 12.4 Å². The average molecular weight is 210 g/mol. The molecular weight excluding hydrogens is 207 g/mol. The van der Waals surface area contributed by atoms with Gasteiger partial charge in [0.2, 0.25) is 0 Å². The molecule has 0 N–H and O–H groups in total. The molecule has 1 aromatic rings. The van der Waals surface area contributed by atoms with Crippen LogP contribution in [-0.2, 0) is 0 Å². The van der Waals surface area contributed by atoms with E-state index < -0.39 is 35.0 Å². The number of rotatable bonds is 2. The standard InChI is InChI=1S/C8H3F5O/c9-5-1-3(8(12)13)6(10)7(11)4(5)2-14/h1-2,8H. The fraction of sp³-hybridized carbons (Fsp3) is 0.125. The van der Waals surface area contributed by atoms with Crippen molar-refractivity contribution in [1.82, 2.24) is 0 Å². The molecule has 1 aromatic carbocycles. The smallest absolute Gasteiger partial charge is 0.266 e. The predicted octanol–water partition coefficient (Wildman–Crippen LogP) is 2.85. The third kappa shape index (κ3) is 1.59. The second-order valence-electron chi connectivity index (χ2n) is 2.41. The predicted molar refractivity (Wildman–Crippen MR) is 36.7 cm³/mol. The SMILES string of the molecule is O=Cc1c(F)cc(C(F)F)c(F)c1F. The lowest BCUT2D eigenvalue weighted by molar-refractivity contribution is 0.111. The highest BCUT2D eigenvalue weighted by Crippen LogP contribution is 2.26. The van der Waals surface area contributed by atoms with Gasteiger partial charge >= 0.3 is 0 Å². The summed E-state index contributed by atoms with van der Waals surface area (Å²) in [5, 5.41) is 0. The lowest BCUT2D eigenvalue weighted by Crippen LogP contribution is -2.03. The first-order valence-electron chi connectivity index (χ1n) is 3.39. The van der Waals surface area contributed by atoms with Gasteiger partial charge in [0.25, 0.3) is 6.43 Å². The summed E-state index contributed by atoms with van der Waals surface area (Å²) in [7, 11) is 0. The number of benzene rings is 1. The van der Waals surface area contributed by atoms with Gasteiger partial charge in [-0.15, -0.1) is 0 Å². The highest BCUT2D eigenvalue weighted by molar-refractivity contribution is 5.75. The minimum atomic E-state index is -3.33. The molecule has 0 fully saturated rings. The zero-order chi connectivity index (χ0) is 10.9. The van der Waals surface area contributed by atoms with E-state index in [9.17, 15) is 26.7 Å². The molecule has 0 aliphatic carbocycles. The minimum Gasteiger partial charge on any atom is -0.298 e. The topological polar surface area (TPSA) is 17.1 Å². The van der Waals surface area contributed by atoms with Crippen LogP contribution in [0, 0.1) is 17.5 Å². The van der Waals surface area contributed by atoms with E-state index >= 15 is 0 Å². The van der Waals surface area contributed by atoms with Crippen molar-refractivity contribution in [3.8, 4) is 0 Å². The Kier molecular flexibility index (Phi) is 2.83. The normalized spacial score (nSPS) is 10.7. The Bertz CT molecular complexity index is 374. The van der Waals surface area contributed by atoms with E-state index in [0.717, 1.165) is 0 Å². The number of alkyl halides is 2. The van der Waals surface area contributed by atoms with E-state index in [1.807, 2.05) is 0 Å². The molecule has 14 heavy (non-hydrogen) atoms. The van der Waals surface area contributed by atoms with Crippen LogP contribution in [0.3, 0.4) is 0 Å². The second-order valence-corrected chi connectivity index (χ2v) is 2.41. The first-order valence-corrected chi connectivity index (χ1v) is 3.39. The first kappa shape index (κ1) is 10.6. The van der Waals surface area contributed by atoms with E-state index in [1.165, 1.54) is 0 Å². The minimum absolute atomic E-state index is 0.104. The number of hydrogen-bond acceptors (Lipinski definition) is 1. The van der Waals surface area contributed by atoms with Gasteiger partial charge in [-0.2, -0.15) is 0 Å². The Hall–Kier alpha value is -1.46. The Labute approximate surface area is 75.2 Å². The van der Waals surface area contributed by atoms with E-state index in [0.29, 0.717) is 0 Å². The van der Waals surface area contributed by atoms with Crippen LogP contribution in [0.4, 0.5) is 22.0 Å². The van der Waals surface area contributed by atoms with Crippen molar-refractivity contribution in [1.29, 1.82) is 0 Å². The zero-order valence-corrected chi connectivity index (χ0v) is 6.53. The summed E-state index contributed by atoms with van der Waals surface area (Å²) < 4.78 is 62.0. The van der Waals surface area contributed by atoms with E-state index in [1.54, 1.807) is 0 Å². The number of halogens is 5. The summed E-state index contributed by atoms with van der Waals surface area (Å²) >= 11 is 0. The molecular formula is C8H3F5O. The van der Waals surface area contributed by atoms with Gasteiger partial charge in [-0.3, -0.25) is 4.79 Å². The van der Waals surface area contributed by atoms with Gasteiger partial charge in [0.05, 0.1) is 11.1 Å². The summed E-state index contributed by atoms with van der Waals surface area (Å²) in [5.41, 5.74) is -2.59. The summed E-state index contributed by atoms with van der Waals surface area (Å²) in [4.78, 5) is 10.0. The van der Waals surface area contributed by atoms with Crippen molar-refractivity contribution in [3.05, 3.63) is 34.6 Å². The van der Waals surface area contributed by atoms with Crippen molar-refractivity contribution < 1.29 is 26.7 Å². The van der Waals surface area contributed by atoms with E-state index in [2.05, 4.69) is 0 Å². The molecule has 0 unspecified atom stereocenters. The molecule has 0 heterocycles. The van der Waals surface area contributed by atoms with Crippen LogP contribution in [0.5, 0.6) is 0 Å². The molecule has 0 aromatic heterocycles. The molecule has 6 heteroatoms. The molecule has 0 saturated carbocycles. The molecule has 0 spiro atoms. The lowest BCUT2D eigenvalue weighted by atomic mass is 10.1. The Morgan fingerprint density at radius 3 is 2.14 bits per heavy atom. The number of carbonyl (C=O) groups excluding carboxylic acids is 1. The molecule has 0 aliphatic heterocycles. The molecule has 0 saturated heterocycles. The van der Waals surface area contributed by atoms with Crippen molar-refractivity contribution in [2.75, 3.05) is 0 Å². The van der Waals surface area contributed by atoms with Gasteiger partial charge in [0.15, 0.2) is 17.9 Å². The van der Waals surface area contributed by atoms with Gasteiger partial charge < -0.3 is 0 Å². The zero-order valence-electron chi connectivity index (χ0n) is 6.53. The van der Waals surface area contributed by atoms with Gasteiger partial charge in [0.1, 0.15) is 5.82 Å². The summed E-state index contributed by atoms with van der Waals surface area (Å²) in [6.45, 7) is 0. The van der Waals surface area contributed by atoms with Crippen LogP contribution in [0.25, 0.3) is 0 Å². The Morgan fingerprint density at radius 2 is 1.71 bits per heavy atom. The highest BCUT2D eigenvalue weighted by atomic mass is 19.3. The molecule has 0 atom stereocenters. The maximum atomic E-state index is 12.7. The fourth-order valence-corrected chi connectivity index (χ4v) is 0.894. The van der Waals surface area contributed by atoms with Crippen LogP contribution < -0.4 is 0 Å². The number of aldehydes is 1. The molecule has 76 valence electrons. The third-order valence-corrected chi connectivity index (χ3v) is 1.58. The van der Waals surface area contributed by atoms with Crippen LogP contribution in [-0.4, -0.2) is 6.29 Å². The van der Waals surface area contributed by atoms with Crippen molar-refractivity contribution in [2.24, 2.45) is 0 Å². The third-order valence-electron chi connectivity index (χ3n) is 1.58. The van der Waals surface area contributed by atoms with Crippen molar-refractivity contribution in [2.45, 2.75) is 6.43 Å². The summed E-state index contributed by atoms with van der Waals surface area (Å²) in [5.74, 6) is -5.30. The highest BCUT2D eigenvalue weighted by Gasteiger charge is 2.23. The van der Waals surface area contributed by atoms with E-state index in [4.69, 9.17) is 0 Å². The van der Waals surface area contributed by atoms with Gasteiger partial charge in [-0.25, -0.2) is 22.0 Å². The first-order chi connectivity index (χ1) is 6.49. The molecule has 0 aliphatic rings. The molecule has 1 nitrogen and oxygen atoms in total. The van der Waals surface area contributed by atoms with Gasteiger partial charge in [0, 0.05) is 0 Å². The summed E-state index contributed by atoms with van der Waals surface area (Å²) in [6, 6.07) is 0.104. The van der Waals surface area contributed by atoms with Crippen LogP contribution in [0.1, 0.15) is 22.3 Å². The molecule has 0 amide bonds. The van der Waals surface area contributed by atoms with Crippen LogP contribution in [0.15, 0.2) is 6.07 Å². The average Bonchev–Trinajstić information content (AvgIpc) is 2.12. The number of carbonyl (C=O) groups is 1. The Balaban J connectivity index is 3.47. The lowest BCUT2D eigenvalue weighted by Gasteiger charge is -2.05. The molecule has 0 radical (unpaired) electrons. The maximum Gasteiger partial charge on any atom is 0.266 e. The molecule has 0 bridgehead atoms. The maximum absolute atomic E-state index is 12.7. The van der Waals surface area contributed by atoms with Gasteiger partial charge in [-0.05, 0) is 6.07 Å². The quantitative estimate of drug-likeness (QED) is 0.416. The largest absolute Gasteiger partial charge is 0.298 e. The number of hydrogen-bond donors (Lipinski definition) is 0. The summed E-state index contributed by atoms with van der Waals surface area (Å²) in [6.07, 6.45) is -3.61. The van der Waals surface area contributed by atoms with Crippen LogP contribution >= 0.6 is 0 Å². The fourth-order valence-electron chi connectivity index (χ4n) is 0.894. The van der Waals surface area contributed by atoms with Crippen LogP contribution in [0.2, 0.25) is 0 Å². The van der Waals surface area contributed by atoms with Crippen molar-refractivity contribution in [3.63, 3.8) is 0 Å².